The van der Waals surface area contributed by atoms with E-state index in [1.165, 1.54) is 17.0 Å². The Labute approximate surface area is 238 Å². The van der Waals surface area contributed by atoms with E-state index in [1.807, 2.05) is 30.3 Å². The molecule has 2 amide bonds. The first-order valence-electron chi connectivity index (χ1n) is 12.8. The van der Waals surface area contributed by atoms with Crippen LogP contribution in [0.4, 0.5) is 4.39 Å². The third kappa shape index (κ3) is 7.28. The summed E-state index contributed by atoms with van der Waals surface area (Å²) in [4.78, 5) is 29.2. The fourth-order valence-electron chi connectivity index (χ4n) is 4.91. The van der Waals surface area contributed by atoms with E-state index in [4.69, 9.17) is 34.8 Å². The zero-order valence-corrected chi connectivity index (χ0v) is 23.2. The first-order valence-corrected chi connectivity index (χ1v) is 14.0. The molecule has 1 fully saturated rings. The Balaban J connectivity index is 1.72. The van der Waals surface area contributed by atoms with Crippen LogP contribution in [0, 0.1) is 5.82 Å². The van der Waals surface area contributed by atoms with Crippen LogP contribution < -0.4 is 5.32 Å². The molecule has 0 aromatic heterocycles. The average molecular weight is 576 g/mol. The lowest BCUT2D eigenvalue weighted by molar-refractivity contribution is -0.141. The number of benzene rings is 3. The Bertz CT molecular complexity index is 1230. The molecule has 38 heavy (non-hydrogen) atoms. The zero-order chi connectivity index (χ0) is 27.1. The monoisotopic (exact) mass is 574 g/mol. The summed E-state index contributed by atoms with van der Waals surface area (Å²) < 4.78 is 14.7. The van der Waals surface area contributed by atoms with Crippen LogP contribution in [0.3, 0.4) is 0 Å². The fraction of sp³-hybridized carbons (Fsp3) is 0.333. The predicted octanol–water partition coefficient (Wildman–Crippen LogP) is 7.42. The molecule has 1 atom stereocenters. The number of hydrogen-bond acceptors (Lipinski definition) is 2. The highest BCUT2D eigenvalue weighted by molar-refractivity contribution is 6.36. The molecule has 3 aromatic carbocycles. The van der Waals surface area contributed by atoms with E-state index < -0.39 is 17.8 Å². The number of hydrogen-bond donors (Lipinski definition) is 1. The maximum absolute atomic E-state index is 14.7. The number of amides is 2. The summed E-state index contributed by atoms with van der Waals surface area (Å²) >= 11 is 19.2. The van der Waals surface area contributed by atoms with Crippen molar-refractivity contribution < 1.29 is 14.0 Å². The molecule has 1 N–H and O–H groups in total. The third-order valence-corrected chi connectivity index (χ3v) is 8.06. The minimum absolute atomic E-state index is 0.0149. The highest BCUT2D eigenvalue weighted by atomic mass is 35.5. The molecule has 1 saturated carbocycles. The number of nitrogens with one attached hydrogen (secondary N) is 1. The molecule has 4 rings (SSSR count). The summed E-state index contributed by atoms with van der Waals surface area (Å²) in [6, 6.07) is 18.1. The fourth-order valence-corrected chi connectivity index (χ4v) is 5.65. The quantitative estimate of drug-likeness (QED) is 0.289. The van der Waals surface area contributed by atoms with Crippen molar-refractivity contribution in [3.8, 4) is 0 Å². The zero-order valence-electron chi connectivity index (χ0n) is 20.9. The lowest BCUT2D eigenvalue weighted by Crippen LogP contribution is -2.53. The maximum atomic E-state index is 14.7. The molecule has 1 unspecified atom stereocenters. The van der Waals surface area contributed by atoms with Gasteiger partial charge in [-0.25, -0.2) is 4.39 Å². The van der Waals surface area contributed by atoms with Crippen molar-refractivity contribution >= 4 is 46.6 Å². The van der Waals surface area contributed by atoms with Crippen molar-refractivity contribution in [3.63, 3.8) is 0 Å². The van der Waals surface area contributed by atoms with Crippen molar-refractivity contribution in [3.05, 3.63) is 104 Å². The van der Waals surface area contributed by atoms with Gasteiger partial charge in [0, 0.05) is 45.2 Å². The van der Waals surface area contributed by atoms with Gasteiger partial charge in [-0.1, -0.05) is 96.5 Å². The summed E-state index contributed by atoms with van der Waals surface area (Å²) in [5, 5.41) is 4.09. The van der Waals surface area contributed by atoms with Crippen LogP contribution in [0.25, 0.3) is 0 Å². The highest BCUT2D eigenvalue weighted by Crippen LogP contribution is 2.29. The van der Waals surface area contributed by atoms with Crippen molar-refractivity contribution in [2.24, 2.45) is 0 Å². The number of carbonyl (C=O) groups is 2. The van der Waals surface area contributed by atoms with E-state index in [0.717, 1.165) is 37.7 Å². The summed E-state index contributed by atoms with van der Waals surface area (Å²) in [5.41, 5.74) is 1.50. The van der Waals surface area contributed by atoms with Crippen molar-refractivity contribution in [2.75, 3.05) is 0 Å². The second kappa shape index (κ2) is 13.5. The number of nitrogens with zero attached hydrogens (tertiary/aromatic N) is 1. The van der Waals surface area contributed by atoms with Crippen LogP contribution in [0.1, 0.15) is 48.8 Å². The second-order valence-corrected chi connectivity index (χ2v) is 10.9. The van der Waals surface area contributed by atoms with Crippen LogP contribution in [0.5, 0.6) is 0 Å². The van der Waals surface area contributed by atoms with Crippen molar-refractivity contribution in [1.82, 2.24) is 10.2 Å². The highest BCUT2D eigenvalue weighted by Gasteiger charge is 2.33. The maximum Gasteiger partial charge on any atom is 0.243 e. The van der Waals surface area contributed by atoms with Gasteiger partial charge in [-0.15, -0.1) is 0 Å². The largest absolute Gasteiger partial charge is 0.352 e. The van der Waals surface area contributed by atoms with E-state index in [-0.39, 0.29) is 41.9 Å². The molecular weight excluding hydrogens is 546 g/mol. The third-order valence-electron chi connectivity index (χ3n) is 7.00. The Morgan fingerprint density at radius 3 is 2.08 bits per heavy atom. The lowest BCUT2D eigenvalue weighted by atomic mass is 9.94. The normalized spacial score (nSPS) is 14.6. The molecule has 1 aliphatic carbocycles. The molecule has 4 nitrogen and oxygen atoms in total. The standard InChI is InChI=1S/C30H30Cl3FN2O2/c31-24-15-8-16-27(34)22(24)18-29(37)36(19-23-25(32)13-7-14-26(23)33)28(17-20-9-3-1-4-10-20)30(38)35-21-11-5-2-6-12-21/h1,3-4,7-10,13-16,21,28H,2,5-6,11-12,17-19H2,(H,35,38). The SMILES string of the molecule is O=C(NC1CCCCC1)C(Cc1ccccc1)N(Cc1c(Cl)cccc1Cl)C(=O)Cc1c(F)cccc1Cl. The Hall–Kier alpha value is -2.60. The number of carbonyl (C=O) groups excluding carboxylic acids is 2. The molecule has 0 aliphatic heterocycles. The van der Waals surface area contributed by atoms with E-state index in [0.29, 0.717) is 15.6 Å². The van der Waals surface area contributed by atoms with Gasteiger partial charge >= 0.3 is 0 Å². The molecule has 8 heteroatoms. The van der Waals surface area contributed by atoms with Crippen LogP contribution in [-0.2, 0) is 29.0 Å². The van der Waals surface area contributed by atoms with E-state index in [2.05, 4.69) is 5.32 Å². The lowest BCUT2D eigenvalue weighted by Gasteiger charge is -2.34. The van der Waals surface area contributed by atoms with Crippen molar-refractivity contribution in [1.29, 1.82) is 0 Å². The smallest absolute Gasteiger partial charge is 0.243 e. The van der Waals surface area contributed by atoms with Gasteiger partial charge < -0.3 is 10.2 Å². The van der Waals surface area contributed by atoms with Crippen LogP contribution in [0.15, 0.2) is 66.7 Å². The predicted molar refractivity (Wildman–Crippen MR) is 151 cm³/mol. The first kappa shape index (κ1) is 28.4. The molecule has 200 valence electrons. The summed E-state index contributed by atoms with van der Waals surface area (Å²) in [7, 11) is 0. The van der Waals surface area contributed by atoms with Gasteiger partial charge in [-0.2, -0.15) is 0 Å². The van der Waals surface area contributed by atoms with Crippen molar-refractivity contribution in [2.45, 2.75) is 63.6 Å². The van der Waals surface area contributed by atoms with Crippen LogP contribution >= 0.6 is 34.8 Å². The molecule has 0 radical (unpaired) electrons. The molecule has 0 heterocycles. The van der Waals surface area contributed by atoms with Gasteiger partial charge in [-0.05, 0) is 42.7 Å². The number of rotatable bonds is 9. The van der Waals surface area contributed by atoms with Gasteiger partial charge in [0.2, 0.25) is 11.8 Å². The molecule has 0 saturated heterocycles. The Kier molecular flexibility index (Phi) is 10.1. The molecule has 1 aliphatic rings. The summed E-state index contributed by atoms with van der Waals surface area (Å²) in [5.74, 6) is -1.28. The van der Waals surface area contributed by atoms with Gasteiger partial charge in [0.1, 0.15) is 11.9 Å². The number of halogens is 4. The Morgan fingerprint density at radius 2 is 1.45 bits per heavy atom. The molecule has 3 aromatic rings. The molecule has 0 spiro atoms. The van der Waals surface area contributed by atoms with Gasteiger partial charge in [0.15, 0.2) is 0 Å². The minimum atomic E-state index is -0.871. The van der Waals surface area contributed by atoms with Gasteiger partial charge in [0.25, 0.3) is 0 Å². The first-order chi connectivity index (χ1) is 18.3. The van der Waals surface area contributed by atoms with E-state index >= 15 is 0 Å². The summed E-state index contributed by atoms with van der Waals surface area (Å²) in [6.45, 7) is -0.0149. The van der Waals surface area contributed by atoms with Crippen LogP contribution in [-0.4, -0.2) is 28.8 Å². The summed E-state index contributed by atoms with van der Waals surface area (Å²) in [6.07, 6.45) is 5.03. The second-order valence-electron chi connectivity index (χ2n) is 9.65. The molecular formula is C30H30Cl3FN2O2. The minimum Gasteiger partial charge on any atom is -0.352 e. The van der Waals surface area contributed by atoms with E-state index in [9.17, 15) is 14.0 Å². The van der Waals surface area contributed by atoms with E-state index in [1.54, 1.807) is 24.3 Å². The topological polar surface area (TPSA) is 49.4 Å². The van der Waals surface area contributed by atoms with Crippen LogP contribution in [0.2, 0.25) is 15.1 Å². The molecule has 0 bridgehead atoms. The van der Waals surface area contributed by atoms with Gasteiger partial charge in [0.05, 0.1) is 6.42 Å². The average Bonchev–Trinajstić information content (AvgIpc) is 2.91. The Morgan fingerprint density at radius 1 is 0.842 bits per heavy atom. The van der Waals surface area contributed by atoms with Gasteiger partial charge in [-0.3, -0.25) is 9.59 Å².